The zero-order valence-electron chi connectivity index (χ0n) is 17.1. The highest BCUT2D eigenvalue weighted by Gasteiger charge is 2.58. The molecular formula is C23H28ClNO5. The summed E-state index contributed by atoms with van der Waals surface area (Å²) in [4.78, 5) is 0. The van der Waals surface area contributed by atoms with E-state index in [1.54, 1.807) is 0 Å². The van der Waals surface area contributed by atoms with Crippen molar-refractivity contribution >= 4 is 11.6 Å². The van der Waals surface area contributed by atoms with E-state index < -0.39 is 30.2 Å². The van der Waals surface area contributed by atoms with Crippen LogP contribution in [-0.4, -0.2) is 46.3 Å². The molecule has 5 atom stereocenters. The van der Waals surface area contributed by atoms with E-state index in [9.17, 15) is 15.3 Å². The van der Waals surface area contributed by atoms with Crippen LogP contribution >= 0.6 is 11.6 Å². The zero-order chi connectivity index (χ0) is 21.6. The molecule has 4 rings (SSSR count). The Hall–Kier alpha value is -1.51. The van der Waals surface area contributed by atoms with Crippen molar-refractivity contribution in [2.24, 2.45) is 5.73 Å². The Balaban J connectivity index is 1.69. The van der Waals surface area contributed by atoms with Crippen LogP contribution in [0.3, 0.4) is 0 Å². The molecule has 5 N–H and O–H groups in total. The third kappa shape index (κ3) is 3.56. The molecule has 30 heavy (non-hydrogen) atoms. The van der Waals surface area contributed by atoms with Crippen LogP contribution in [0.5, 0.6) is 0 Å². The fraction of sp³-hybridized carbons (Fsp3) is 0.478. The second kappa shape index (κ2) is 8.20. The van der Waals surface area contributed by atoms with Gasteiger partial charge in [0.15, 0.2) is 0 Å². The number of fused-ring (bicyclic) bond motifs is 2. The molecule has 2 aromatic carbocycles. The van der Waals surface area contributed by atoms with Crippen LogP contribution in [0.25, 0.3) is 0 Å². The van der Waals surface area contributed by atoms with E-state index in [1.807, 2.05) is 12.1 Å². The topological polar surface area (TPSA) is 105 Å². The Morgan fingerprint density at radius 3 is 2.47 bits per heavy atom. The smallest absolute Gasteiger partial charge is 0.225 e. The lowest BCUT2D eigenvalue weighted by Crippen LogP contribution is -2.64. The Morgan fingerprint density at radius 2 is 1.83 bits per heavy atom. The zero-order valence-corrected chi connectivity index (χ0v) is 17.8. The normalized spacial score (nSPS) is 30.8. The third-order valence-electron chi connectivity index (χ3n) is 6.13. The van der Waals surface area contributed by atoms with Gasteiger partial charge in [0.2, 0.25) is 5.79 Å². The van der Waals surface area contributed by atoms with Gasteiger partial charge in [-0.3, -0.25) is 0 Å². The van der Waals surface area contributed by atoms with Crippen LogP contribution in [0.2, 0.25) is 5.02 Å². The summed E-state index contributed by atoms with van der Waals surface area (Å²) in [7, 11) is 0. The molecule has 1 saturated heterocycles. The number of halogens is 1. The molecule has 0 bridgehead atoms. The lowest BCUT2D eigenvalue weighted by molar-refractivity contribution is -0.363. The molecule has 0 saturated carbocycles. The lowest BCUT2D eigenvalue weighted by atomic mass is 9.86. The highest BCUT2D eigenvalue weighted by atomic mass is 35.5. The minimum absolute atomic E-state index is 0.0198. The molecule has 2 aliphatic heterocycles. The second-order valence-corrected chi connectivity index (χ2v) is 8.86. The Bertz CT molecular complexity index is 917. The van der Waals surface area contributed by atoms with Crippen molar-refractivity contribution in [1.82, 2.24) is 0 Å². The van der Waals surface area contributed by atoms with E-state index in [2.05, 4.69) is 38.1 Å². The number of benzene rings is 2. The minimum Gasteiger partial charge on any atom is -0.388 e. The summed E-state index contributed by atoms with van der Waals surface area (Å²) < 4.78 is 11.8. The fourth-order valence-corrected chi connectivity index (χ4v) is 4.52. The van der Waals surface area contributed by atoms with Crippen LogP contribution in [0.15, 0.2) is 36.4 Å². The van der Waals surface area contributed by atoms with E-state index in [0.29, 0.717) is 22.9 Å². The van der Waals surface area contributed by atoms with Crippen LogP contribution in [0.4, 0.5) is 0 Å². The molecule has 0 amide bonds. The number of rotatable bonds is 4. The first-order chi connectivity index (χ1) is 14.3. The maximum Gasteiger partial charge on any atom is 0.225 e. The number of aliphatic hydroxyl groups excluding tert-OH is 3. The molecule has 7 heteroatoms. The monoisotopic (exact) mass is 433 g/mol. The molecule has 2 aliphatic rings. The number of hydrogen-bond donors (Lipinski definition) is 4. The van der Waals surface area contributed by atoms with Gasteiger partial charge in [-0.1, -0.05) is 49.7 Å². The number of nitrogens with two attached hydrogens (primary N) is 1. The number of ether oxygens (including phenoxy) is 2. The van der Waals surface area contributed by atoms with E-state index in [1.165, 1.54) is 5.56 Å². The van der Waals surface area contributed by atoms with Crippen molar-refractivity contribution in [1.29, 1.82) is 0 Å². The molecule has 1 spiro atoms. The van der Waals surface area contributed by atoms with Gasteiger partial charge in [-0.15, -0.1) is 0 Å². The average molecular weight is 434 g/mol. The molecule has 0 aromatic heterocycles. The van der Waals surface area contributed by atoms with Crippen LogP contribution in [0, 0.1) is 0 Å². The summed E-state index contributed by atoms with van der Waals surface area (Å²) in [5, 5.41) is 31.9. The summed E-state index contributed by atoms with van der Waals surface area (Å²) >= 11 is 6.54. The van der Waals surface area contributed by atoms with Gasteiger partial charge in [0, 0.05) is 17.1 Å². The van der Waals surface area contributed by atoms with E-state index in [0.717, 1.165) is 16.7 Å². The van der Waals surface area contributed by atoms with Crippen molar-refractivity contribution in [3.63, 3.8) is 0 Å². The predicted molar refractivity (Wildman–Crippen MR) is 113 cm³/mol. The Morgan fingerprint density at radius 1 is 1.13 bits per heavy atom. The molecular weight excluding hydrogens is 406 g/mol. The van der Waals surface area contributed by atoms with Gasteiger partial charge in [0.25, 0.3) is 0 Å². The summed E-state index contributed by atoms with van der Waals surface area (Å²) in [5.41, 5.74) is 10.3. The lowest BCUT2D eigenvalue weighted by Gasteiger charge is -2.46. The average Bonchev–Trinajstić information content (AvgIpc) is 3.08. The van der Waals surface area contributed by atoms with Crippen LogP contribution < -0.4 is 5.73 Å². The quantitative estimate of drug-likeness (QED) is 0.589. The first-order valence-electron chi connectivity index (χ1n) is 10.2. The Kier molecular flexibility index (Phi) is 5.94. The summed E-state index contributed by atoms with van der Waals surface area (Å²) in [6.45, 7) is 4.46. The molecule has 162 valence electrons. The molecule has 2 aromatic rings. The largest absolute Gasteiger partial charge is 0.388 e. The van der Waals surface area contributed by atoms with Crippen molar-refractivity contribution in [2.75, 3.05) is 6.54 Å². The van der Waals surface area contributed by atoms with Gasteiger partial charge in [0.05, 0.1) is 6.61 Å². The number of aliphatic hydroxyl groups is 3. The predicted octanol–water partition coefficient (Wildman–Crippen LogP) is 2.18. The maximum absolute atomic E-state index is 10.8. The Labute approximate surface area is 181 Å². The molecule has 0 unspecified atom stereocenters. The highest BCUT2D eigenvalue weighted by molar-refractivity contribution is 6.31. The van der Waals surface area contributed by atoms with Crippen LogP contribution in [-0.2, 0) is 28.3 Å². The summed E-state index contributed by atoms with van der Waals surface area (Å²) in [6, 6.07) is 12.1. The SMILES string of the molecule is CC(C)c1ccc(Cc2cc3c(cc2Cl)CO[C@]32O[C@H](CN)[C@@H](O)[C@H](O)[C@H]2O)cc1. The fourth-order valence-electron chi connectivity index (χ4n) is 4.27. The third-order valence-corrected chi connectivity index (χ3v) is 6.49. The van der Waals surface area contributed by atoms with Crippen molar-refractivity contribution in [3.8, 4) is 0 Å². The molecule has 0 aliphatic carbocycles. The van der Waals surface area contributed by atoms with Gasteiger partial charge in [-0.25, -0.2) is 0 Å². The van der Waals surface area contributed by atoms with Crippen molar-refractivity contribution in [2.45, 2.75) is 63.0 Å². The van der Waals surface area contributed by atoms with Gasteiger partial charge < -0.3 is 30.5 Å². The maximum atomic E-state index is 10.8. The van der Waals surface area contributed by atoms with Crippen molar-refractivity contribution in [3.05, 3.63) is 69.2 Å². The van der Waals surface area contributed by atoms with Gasteiger partial charge in [-0.2, -0.15) is 0 Å². The van der Waals surface area contributed by atoms with Crippen molar-refractivity contribution < 1.29 is 24.8 Å². The summed E-state index contributed by atoms with van der Waals surface area (Å²) in [5.74, 6) is -1.12. The first-order valence-corrected chi connectivity index (χ1v) is 10.6. The first kappa shape index (κ1) is 21.7. The molecule has 1 fully saturated rings. The second-order valence-electron chi connectivity index (χ2n) is 8.45. The van der Waals surface area contributed by atoms with E-state index in [4.69, 9.17) is 26.8 Å². The van der Waals surface area contributed by atoms with Gasteiger partial charge in [0.1, 0.15) is 24.4 Å². The van der Waals surface area contributed by atoms with E-state index >= 15 is 0 Å². The standard InChI is InChI=1S/C23H28ClNO5/c1-12(2)14-5-3-13(4-6-14)7-15-8-17-16(9-18(15)24)11-29-23(17)22(28)21(27)20(26)19(10-25)30-23/h3-6,8-9,12,19-22,26-28H,7,10-11,25H2,1-2H3/t19-,20-,21+,22-,23+/m1/s1. The van der Waals surface area contributed by atoms with E-state index in [-0.39, 0.29) is 13.2 Å². The van der Waals surface area contributed by atoms with Crippen LogP contribution in [0.1, 0.15) is 47.6 Å². The molecule has 6 nitrogen and oxygen atoms in total. The molecule has 0 radical (unpaired) electrons. The van der Waals surface area contributed by atoms with Gasteiger partial charge >= 0.3 is 0 Å². The highest BCUT2D eigenvalue weighted by Crippen LogP contribution is 2.47. The number of hydrogen-bond acceptors (Lipinski definition) is 6. The van der Waals surface area contributed by atoms with Gasteiger partial charge in [-0.05, 0) is 46.7 Å². The molecule has 2 heterocycles. The minimum atomic E-state index is -1.58. The summed E-state index contributed by atoms with van der Waals surface area (Å²) in [6.07, 6.45) is -4.47.